The number of aliphatic hydroxyl groups excluding tert-OH is 4. The van der Waals surface area contributed by atoms with Gasteiger partial charge in [0.25, 0.3) is 0 Å². The number of benzene rings is 3. The Morgan fingerprint density at radius 3 is 1.91 bits per heavy atom. The van der Waals surface area contributed by atoms with Crippen LogP contribution in [0.4, 0.5) is 0 Å². The molecule has 0 aliphatic heterocycles. The fourth-order valence-electron chi connectivity index (χ4n) is 3.34. The molecule has 3 aromatic carbocycles. The van der Waals surface area contributed by atoms with Crippen LogP contribution in [0, 0.1) is 0 Å². The van der Waals surface area contributed by atoms with Crippen molar-refractivity contribution in [3.05, 3.63) is 59.7 Å². The van der Waals surface area contributed by atoms with E-state index in [9.17, 15) is 20.4 Å². The molecule has 0 fully saturated rings. The topological polar surface area (TPSA) is 80.9 Å². The van der Waals surface area contributed by atoms with Crippen LogP contribution in [0.15, 0.2) is 48.5 Å². The zero-order valence-electron chi connectivity index (χ0n) is 11.7. The first-order valence-electron chi connectivity index (χ1n) is 7.25. The molecule has 4 rings (SSSR count). The minimum absolute atomic E-state index is 0.466. The van der Waals surface area contributed by atoms with Gasteiger partial charge in [0.15, 0.2) is 0 Å². The zero-order valence-corrected chi connectivity index (χ0v) is 11.7. The predicted octanol–water partition coefficient (Wildman–Crippen LogP) is 1.80. The average Bonchev–Trinajstić information content (AvgIpc) is 2.56. The second-order valence-corrected chi connectivity index (χ2v) is 5.86. The van der Waals surface area contributed by atoms with Crippen LogP contribution in [-0.2, 0) is 0 Å². The summed E-state index contributed by atoms with van der Waals surface area (Å²) in [7, 11) is 0. The third-order valence-corrected chi connectivity index (χ3v) is 4.58. The van der Waals surface area contributed by atoms with Gasteiger partial charge in [0.05, 0.1) is 0 Å². The Hall–Kier alpha value is -1.98. The van der Waals surface area contributed by atoms with E-state index in [1.807, 2.05) is 36.4 Å². The summed E-state index contributed by atoms with van der Waals surface area (Å²) >= 11 is 0. The first-order chi connectivity index (χ1) is 10.6. The lowest BCUT2D eigenvalue weighted by Gasteiger charge is -2.34. The van der Waals surface area contributed by atoms with Gasteiger partial charge in [-0.3, -0.25) is 0 Å². The summed E-state index contributed by atoms with van der Waals surface area (Å²) in [5.41, 5.74) is 0.933. The molecule has 0 saturated heterocycles. The first kappa shape index (κ1) is 13.7. The summed E-state index contributed by atoms with van der Waals surface area (Å²) in [6.45, 7) is 0. The van der Waals surface area contributed by atoms with Crippen LogP contribution in [0.2, 0.25) is 0 Å². The van der Waals surface area contributed by atoms with Crippen molar-refractivity contribution in [1.82, 2.24) is 0 Å². The van der Waals surface area contributed by atoms with Crippen LogP contribution in [0.25, 0.3) is 21.5 Å². The largest absolute Gasteiger partial charge is 0.387 e. The molecule has 4 nitrogen and oxygen atoms in total. The van der Waals surface area contributed by atoms with Crippen molar-refractivity contribution in [2.75, 3.05) is 0 Å². The minimum Gasteiger partial charge on any atom is -0.387 e. The first-order valence-corrected chi connectivity index (χ1v) is 7.25. The highest BCUT2D eigenvalue weighted by Gasteiger charge is 2.39. The van der Waals surface area contributed by atoms with Crippen molar-refractivity contribution in [3.8, 4) is 0 Å². The van der Waals surface area contributed by atoms with Gasteiger partial charge in [-0.2, -0.15) is 0 Å². The van der Waals surface area contributed by atoms with Crippen LogP contribution in [-0.4, -0.2) is 32.6 Å². The van der Waals surface area contributed by atoms with Gasteiger partial charge in [0.2, 0.25) is 0 Å². The second-order valence-electron chi connectivity index (χ2n) is 5.86. The van der Waals surface area contributed by atoms with E-state index >= 15 is 0 Å². The Morgan fingerprint density at radius 1 is 0.591 bits per heavy atom. The van der Waals surface area contributed by atoms with Crippen molar-refractivity contribution >= 4 is 21.5 Å². The molecule has 0 heterocycles. The number of hydrogen-bond donors (Lipinski definition) is 4. The molecule has 1 aliphatic carbocycles. The van der Waals surface area contributed by atoms with Crippen molar-refractivity contribution in [2.45, 2.75) is 24.4 Å². The Balaban J connectivity index is 2.06. The number of aliphatic hydroxyl groups is 4. The standard InChI is InChI=1S/C18H16O4/c19-15-13-7-10-6-5-9-3-1-2-4-11(9)12(10)8-14(13)16(20)18(22)17(15)21/h1-8,15-22H/t15-,16+,17+,18+/m1/s1/i15+1,16+1,17+1,18+1. The lowest BCUT2D eigenvalue weighted by Crippen LogP contribution is -2.41. The third kappa shape index (κ3) is 1.79. The summed E-state index contributed by atoms with van der Waals surface area (Å²) in [5, 5.41) is 44.1. The zero-order chi connectivity index (χ0) is 15.4. The molecular weight excluding hydrogens is 284 g/mol. The molecule has 3 aromatic rings. The molecular formula is C18H16O4. The van der Waals surface area contributed by atoms with Crippen LogP contribution < -0.4 is 0 Å². The third-order valence-electron chi connectivity index (χ3n) is 4.58. The molecule has 0 amide bonds. The van der Waals surface area contributed by atoms with Gasteiger partial charge in [0.1, 0.15) is 24.4 Å². The van der Waals surface area contributed by atoms with E-state index < -0.39 is 24.4 Å². The summed E-state index contributed by atoms with van der Waals surface area (Å²) in [6.07, 6.45) is -5.20. The fourth-order valence-corrected chi connectivity index (χ4v) is 3.34. The average molecular weight is 300 g/mol. The quantitative estimate of drug-likeness (QED) is 0.377. The highest BCUT2D eigenvalue weighted by molar-refractivity contribution is 6.07. The molecule has 4 N–H and O–H groups in total. The van der Waals surface area contributed by atoms with E-state index in [-0.39, 0.29) is 0 Å². The van der Waals surface area contributed by atoms with Crippen LogP contribution in [0.3, 0.4) is 0 Å². The van der Waals surface area contributed by atoms with E-state index in [0.717, 1.165) is 21.5 Å². The van der Waals surface area contributed by atoms with Gasteiger partial charge in [-0.25, -0.2) is 0 Å². The molecule has 112 valence electrons. The van der Waals surface area contributed by atoms with E-state index in [2.05, 4.69) is 0 Å². The van der Waals surface area contributed by atoms with Crippen LogP contribution >= 0.6 is 0 Å². The van der Waals surface area contributed by atoms with E-state index in [0.29, 0.717) is 11.1 Å². The Labute approximate surface area is 126 Å². The fraction of sp³-hybridized carbons (Fsp3) is 0.222. The Kier molecular flexibility index (Phi) is 2.96. The van der Waals surface area contributed by atoms with Crippen molar-refractivity contribution < 1.29 is 20.4 Å². The van der Waals surface area contributed by atoms with Crippen LogP contribution in [0.1, 0.15) is 23.3 Å². The van der Waals surface area contributed by atoms with Gasteiger partial charge >= 0.3 is 0 Å². The molecule has 4 atom stereocenters. The van der Waals surface area contributed by atoms with Gasteiger partial charge in [-0.15, -0.1) is 0 Å². The molecule has 1 aliphatic rings. The Morgan fingerprint density at radius 2 is 1.18 bits per heavy atom. The molecule has 0 spiro atoms. The Bertz CT molecular complexity index is 873. The summed E-state index contributed by atoms with van der Waals surface area (Å²) < 4.78 is 0. The lowest BCUT2D eigenvalue weighted by molar-refractivity contribution is -0.120. The SMILES string of the molecule is O[13C@@H]1[13C@@H](O)[13C@@H](O)c2cc3c(ccc4ccccc43)cc2[13C@H]1O. The molecule has 0 bridgehead atoms. The number of rotatable bonds is 0. The minimum atomic E-state index is -1.39. The van der Waals surface area contributed by atoms with Crippen molar-refractivity contribution in [2.24, 2.45) is 0 Å². The smallest absolute Gasteiger partial charge is 0.113 e. The second kappa shape index (κ2) is 4.76. The van der Waals surface area contributed by atoms with Gasteiger partial charge in [-0.1, -0.05) is 36.4 Å². The molecule has 0 aromatic heterocycles. The van der Waals surface area contributed by atoms with E-state index in [4.69, 9.17) is 0 Å². The predicted molar refractivity (Wildman–Crippen MR) is 83.4 cm³/mol. The number of fused-ring (bicyclic) bond motifs is 4. The monoisotopic (exact) mass is 300 g/mol. The van der Waals surface area contributed by atoms with Gasteiger partial charge < -0.3 is 20.4 Å². The molecule has 0 radical (unpaired) electrons. The summed E-state index contributed by atoms with van der Waals surface area (Å²) in [6, 6.07) is 15.5. The molecule has 0 unspecified atom stereocenters. The highest BCUT2D eigenvalue weighted by atomic mass is 16.5. The highest BCUT2D eigenvalue weighted by Crippen LogP contribution is 2.40. The van der Waals surface area contributed by atoms with Crippen molar-refractivity contribution in [1.29, 1.82) is 0 Å². The van der Waals surface area contributed by atoms with Crippen LogP contribution in [0.5, 0.6) is 0 Å². The molecule has 0 saturated carbocycles. The number of hydrogen-bond acceptors (Lipinski definition) is 4. The van der Waals surface area contributed by atoms with Gasteiger partial charge in [-0.05, 0) is 44.8 Å². The van der Waals surface area contributed by atoms with Crippen molar-refractivity contribution in [3.63, 3.8) is 0 Å². The van der Waals surface area contributed by atoms with Gasteiger partial charge in [0, 0.05) is 0 Å². The van der Waals surface area contributed by atoms with E-state index in [1.165, 1.54) is 0 Å². The normalized spacial score (nSPS) is 28.0. The summed E-state index contributed by atoms with van der Waals surface area (Å²) in [5.74, 6) is 0. The maximum Gasteiger partial charge on any atom is 0.113 e. The lowest BCUT2D eigenvalue weighted by atomic mass is 9.99. The maximum atomic E-state index is 10.2. The molecule has 22 heavy (non-hydrogen) atoms. The van der Waals surface area contributed by atoms with E-state index in [1.54, 1.807) is 12.1 Å². The molecule has 4 heteroatoms. The maximum absolute atomic E-state index is 10.2. The summed E-state index contributed by atoms with van der Waals surface area (Å²) in [4.78, 5) is 0.